The number of hydrogen-bond acceptors (Lipinski definition) is 1. The Morgan fingerprint density at radius 3 is 1.52 bits per heavy atom. The van der Waals surface area contributed by atoms with E-state index >= 15 is 0 Å². The number of fused-ring (bicyclic) bond motifs is 27. The first-order chi connectivity index (χ1) is 42.7. The minimum Gasteiger partial charge on any atom is -0.375 e. The van der Waals surface area contributed by atoms with Crippen molar-refractivity contribution in [3.8, 4) is 50.4 Å². The minimum absolute atomic E-state index is 0.0408. The molecule has 19 aromatic rings. The molecule has 6 aromatic heterocycles. The maximum Gasteiger partial charge on any atom is 0.333 e. The summed E-state index contributed by atoms with van der Waals surface area (Å²) in [4.78, 5) is 0. The van der Waals surface area contributed by atoms with Crippen LogP contribution in [0.15, 0.2) is 249 Å². The molecule has 0 unspecified atom stereocenters. The highest BCUT2D eigenvalue weighted by Crippen LogP contribution is 2.52. The van der Waals surface area contributed by atoms with Crippen LogP contribution in [0.5, 0.6) is 0 Å². The number of benzene rings is 13. The molecule has 8 heteroatoms. The van der Waals surface area contributed by atoms with Gasteiger partial charge >= 0.3 is 13.7 Å². The maximum absolute atomic E-state index is 2.73. The molecular formula is C78H41B2N5S. The van der Waals surface area contributed by atoms with Gasteiger partial charge < -0.3 is 22.7 Å². The Labute approximate surface area is 494 Å². The van der Waals surface area contributed by atoms with Crippen molar-refractivity contribution < 1.29 is 0 Å². The highest BCUT2D eigenvalue weighted by atomic mass is 32.1. The second-order valence-corrected chi connectivity index (χ2v) is 25.5. The predicted octanol–water partition coefficient (Wildman–Crippen LogP) is 17.1. The molecule has 0 saturated heterocycles. The van der Waals surface area contributed by atoms with Gasteiger partial charge in [0.25, 0.3) is 0 Å². The van der Waals surface area contributed by atoms with E-state index in [0.29, 0.717) is 0 Å². The zero-order valence-electron chi connectivity index (χ0n) is 46.0. The molecule has 4 aliphatic heterocycles. The van der Waals surface area contributed by atoms with Crippen molar-refractivity contribution in [1.29, 1.82) is 0 Å². The number of rotatable bonds is 2. The number of nitrogens with zero attached hydrogens (tertiary/aromatic N) is 5. The summed E-state index contributed by atoms with van der Waals surface area (Å²) in [5.74, 6) is 0. The van der Waals surface area contributed by atoms with E-state index in [1.54, 1.807) is 0 Å². The van der Waals surface area contributed by atoms with Gasteiger partial charge in [0, 0.05) is 120 Å². The first-order valence-electron chi connectivity index (χ1n) is 30.1. The zero-order valence-corrected chi connectivity index (χ0v) is 46.8. The van der Waals surface area contributed by atoms with Gasteiger partial charge in [0.15, 0.2) is 0 Å². The normalized spacial score (nSPS) is 13.5. The van der Waals surface area contributed by atoms with Crippen LogP contribution in [0.2, 0.25) is 0 Å². The molecule has 0 bridgehead atoms. The second-order valence-electron chi connectivity index (χ2n) is 24.5. The van der Waals surface area contributed by atoms with Crippen LogP contribution in [0, 0.1) is 0 Å². The monoisotopic (exact) mass is 1100 g/mol. The van der Waals surface area contributed by atoms with E-state index in [1.165, 1.54) is 201 Å². The Balaban J connectivity index is 0.773. The predicted molar refractivity (Wildman–Crippen MR) is 366 cm³/mol. The lowest BCUT2D eigenvalue weighted by Crippen LogP contribution is -2.55. The average molecular weight is 1100 g/mol. The van der Waals surface area contributed by atoms with Crippen molar-refractivity contribution in [2.24, 2.45) is 0 Å². The Morgan fingerprint density at radius 1 is 0.267 bits per heavy atom. The van der Waals surface area contributed by atoms with Crippen molar-refractivity contribution in [1.82, 2.24) is 22.7 Å². The van der Waals surface area contributed by atoms with Gasteiger partial charge in [-0.15, -0.1) is 11.3 Å². The van der Waals surface area contributed by atoms with E-state index in [4.69, 9.17) is 0 Å². The second kappa shape index (κ2) is 14.9. The first-order valence-corrected chi connectivity index (χ1v) is 30.9. The van der Waals surface area contributed by atoms with Crippen LogP contribution in [-0.4, -0.2) is 36.4 Å². The molecule has 13 aromatic carbocycles. The summed E-state index contributed by atoms with van der Waals surface area (Å²) >= 11 is 1.96. The van der Waals surface area contributed by atoms with Gasteiger partial charge in [0.1, 0.15) is 0 Å². The van der Waals surface area contributed by atoms with Crippen molar-refractivity contribution >= 4 is 176 Å². The van der Waals surface area contributed by atoms with Gasteiger partial charge in [-0.1, -0.05) is 188 Å². The molecule has 0 amide bonds. The van der Waals surface area contributed by atoms with Gasteiger partial charge in [-0.05, 0) is 105 Å². The smallest absolute Gasteiger partial charge is 0.333 e. The van der Waals surface area contributed by atoms with E-state index in [1.807, 2.05) is 11.3 Å². The summed E-state index contributed by atoms with van der Waals surface area (Å²) in [6.45, 7) is -0.00477. The third-order valence-electron chi connectivity index (χ3n) is 20.8. The summed E-state index contributed by atoms with van der Waals surface area (Å²) in [6.07, 6.45) is 0. The molecule has 86 heavy (non-hydrogen) atoms. The van der Waals surface area contributed by atoms with E-state index in [9.17, 15) is 0 Å². The van der Waals surface area contributed by atoms with Crippen molar-refractivity contribution in [2.75, 3.05) is 0 Å². The van der Waals surface area contributed by atoms with Gasteiger partial charge in [-0.2, -0.15) is 0 Å². The lowest BCUT2D eigenvalue weighted by atomic mass is 9.45. The molecule has 4 aliphatic rings. The number of hydrogen-bond donors (Lipinski definition) is 0. The molecule has 0 radical (unpaired) electrons. The van der Waals surface area contributed by atoms with E-state index < -0.39 is 0 Å². The summed E-state index contributed by atoms with van der Waals surface area (Å²) in [7, 11) is 0. The zero-order chi connectivity index (χ0) is 55.1. The standard InChI is InChI=1S/C78H41B2N5S/c1-2-16-42(17-3-1)81-61-30-7-4-19-44(61)57-40-67-58(41-66(57)81)52-27-12-28-59-74(52)82(67)64-33-13-23-48-53-37-36-46(70-55-20-6-9-32-63(55)85(76(53)70)80(59)71(48)64)45-21-15-35-68-69(45)56-39-38-54-51-26-11-29-60-75(51)83(77(54)78(56)86-68)65-34-14-22-47-50-25-10-24-49-43-18-5-8-31-62(43)84(73(49)50)79(60)72(47)65/h1-41H. The molecule has 0 saturated carbocycles. The molecule has 390 valence electrons. The molecule has 5 nitrogen and oxygen atoms in total. The maximum atomic E-state index is 2.73. The first kappa shape index (κ1) is 43.8. The molecule has 0 fully saturated rings. The lowest BCUT2D eigenvalue weighted by molar-refractivity contribution is 1.17. The molecule has 23 rings (SSSR count). The molecule has 0 N–H and O–H groups in total. The highest BCUT2D eigenvalue weighted by Gasteiger charge is 2.44. The van der Waals surface area contributed by atoms with Gasteiger partial charge in [0.05, 0.1) is 37.8 Å². The Kier molecular flexibility index (Phi) is 7.61. The molecule has 0 aliphatic carbocycles. The van der Waals surface area contributed by atoms with Crippen LogP contribution in [0.3, 0.4) is 0 Å². The third-order valence-corrected chi connectivity index (χ3v) is 22.0. The summed E-state index contributed by atoms with van der Waals surface area (Å²) < 4.78 is 15.8. The Hall–Kier alpha value is -10.8. The SMILES string of the molecule is c1ccc(-n2c3ccccc3c3cc4c(cc32)c2cccc3c2n4-c2cccc4c2B3n2c3ccccc3c3c(-c5cccc6sc7c(ccc8c9cccc%10c9n(c87)-c7cccc8c7B%10n7c9ccccc9c9cccc-8c97)c56)ccc-4c32)cc1. The van der Waals surface area contributed by atoms with Crippen molar-refractivity contribution in [3.63, 3.8) is 0 Å². The summed E-state index contributed by atoms with van der Waals surface area (Å²) in [6, 6.07) is 95.1. The van der Waals surface area contributed by atoms with Gasteiger partial charge in [0.2, 0.25) is 0 Å². The van der Waals surface area contributed by atoms with E-state index in [-0.39, 0.29) is 13.7 Å². The number of aromatic nitrogens is 5. The largest absolute Gasteiger partial charge is 0.375 e. The summed E-state index contributed by atoms with van der Waals surface area (Å²) in [5.41, 5.74) is 29.7. The fraction of sp³-hybridized carbons (Fsp3) is 0. The van der Waals surface area contributed by atoms with Crippen LogP contribution in [0.1, 0.15) is 0 Å². The average Bonchev–Trinajstić information content (AvgIpc) is 1.59. The van der Waals surface area contributed by atoms with Crippen LogP contribution in [-0.2, 0) is 0 Å². The van der Waals surface area contributed by atoms with E-state index in [2.05, 4.69) is 271 Å². The Bertz CT molecular complexity index is 6480. The number of thiophene rings is 1. The third kappa shape index (κ3) is 4.86. The van der Waals surface area contributed by atoms with E-state index in [0.717, 1.165) is 0 Å². The van der Waals surface area contributed by atoms with Crippen molar-refractivity contribution in [3.05, 3.63) is 249 Å². The lowest BCUT2D eigenvalue weighted by Gasteiger charge is -2.34. The number of para-hydroxylation sites is 7. The minimum atomic E-state index is -0.0456. The molecule has 0 spiro atoms. The molecule has 0 atom stereocenters. The quantitative estimate of drug-likeness (QED) is 0.154. The topological polar surface area (TPSA) is 24.6 Å². The van der Waals surface area contributed by atoms with Crippen LogP contribution < -0.4 is 21.9 Å². The van der Waals surface area contributed by atoms with Crippen LogP contribution in [0.4, 0.5) is 0 Å². The Morgan fingerprint density at radius 2 is 0.756 bits per heavy atom. The van der Waals surface area contributed by atoms with Crippen LogP contribution in [0.25, 0.3) is 180 Å². The van der Waals surface area contributed by atoms with Gasteiger partial charge in [-0.3, -0.25) is 0 Å². The highest BCUT2D eigenvalue weighted by molar-refractivity contribution is 7.26. The molecular weight excluding hydrogens is 1060 g/mol. The van der Waals surface area contributed by atoms with Gasteiger partial charge in [-0.25, -0.2) is 0 Å². The molecule has 10 heterocycles. The van der Waals surface area contributed by atoms with Crippen LogP contribution >= 0.6 is 11.3 Å². The fourth-order valence-corrected chi connectivity index (χ4v) is 19.1. The summed E-state index contributed by atoms with van der Waals surface area (Å²) in [5, 5.41) is 15.6. The van der Waals surface area contributed by atoms with Crippen molar-refractivity contribution in [2.45, 2.75) is 0 Å². The fourth-order valence-electron chi connectivity index (χ4n) is 17.8.